The summed E-state index contributed by atoms with van der Waals surface area (Å²) in [6, 6.07) is 16.2. The Morgan fingerprint density at radius 2 is 1.87 bits per heavy atom. The van der Waals surface area contributed by atoms with Crippen molar-refractivity contribution in [1.82, 2.24) is 19.9 Å². The molecule has 2 saturated heterocycles. The highest BCUT2D eigenvalue weighted by Crippen LogP contribution is 2.47. The van der Waals surface area contributed by atoms with Crippen molar-refractivity contribution in [2.24, 2.45) is 5.41 Å². The standard InChI is InChI=1S/C23H23FN4O2/c1-27-13-23(14-28(15-23)20(29)11-17-9-5-6-10-18(17)24)12-19(27)21-25-22(30-26-21)16-7-3-2-4-8-16/h2-10,19H,11-15H2,1H3. The Balaban J connectivity index is 1.23. The predicted octanol–water partition coefficient (Wildman–Crippen LogP) is 3.32. The van der Waals surface area contributed by atoms with E-state index in [1.807, 2.05) is 35.2 Å². The lowest BCUT2D eigenvalue weighted by Gasteiger charge is -2.48. The van der Waals surface area contributed by atoms with Gasteiger partial charge >= 0.3 is 0 Å². The van der Waals surface area contributed by atoms with Crippen molar-refractivity contribution in [3.8, 4) is 11.5 Å². The van der Waals surface area contributed by atoms with Gasteiger partial charge in [0.25, 0.3) is 5.89 Å². The van der Waals surface area contributed by atoms with Crippen molar-refractivity contribution >= 4 is 5.91 Å². The zero-order valence-electron chi connectivity index (χ0n) is 16.8. The largest absolute Gasteiger partial charge is 0.341 e. The van der Waals surface area contributed by atoms with E-state index in [0.29, 0.717) is 30.4 Å². The normalized spacial score (nSPS) is 20.5. The third kappa shape index (κ3) is 3.39. The smallest absolute Gasteiger partial charge is 0.257 e. The molecule has 0 aliphatic carbocycles. The number of hydrogen-bond donors (Lipinski definition) is 0. The van der Waals surface area contributed by atoms with Gasteiger partial charge in [-0.3, -0.25) is 9.69 Å². The molecule has 154 valence electrons. The first-order valence-electron chi connectivity index (χ1n) is 10.1. The molecular weight excluding hydrogens is 383 g/mol. The van der Waals surface area contributed by atoms with Crippen LogP contribution in [0.2, 0.25) is 0 Å². The molecule has 0 bridgehead atoms. The number of aromatic nitrogens is 2. The van der Waals surface area contributed by atoms with E-state index in [-0.39, 0.29) is 29.6 Å². The monoisotopic (exact) mass is 406 g/mol. The minimum Gasteiger partial charge on any atom is -0.341 e. The van der Waals surface area contributed by atoms with E-state index in [1.54, 1.807) is 18.2 Å². The van der Waals surface area contributed by atoms with Crippen molar-refractivity contribution in [2.45, 2.75) is 18.9 Å². The second-order valence-corrected chi connectivity index (χ2v) is 8.48. The van der Waals surface area contributed by atoms with Crippen LogP contribution in [0.15, 0.2) is 59.1 Å². The number of carbonyl (C=O) groups is 1. The molecule has 1 spiro atoms. The summed E-state index contributed by atoms with van der Waals surface area (Å²) in [5.74, 6) is 0.857. The number of hydrogen-bond acceptors (Lipinski definition) is 5. The molecule has 30 heavy (non-hydrogen) atoms. The molecule has 5 rings (SSSR count). The van der Waals surface area contributed by atoms with Gasteiger partial charge in [0, 0.05) is 30.6 Å². The van der Waals surface area contributed by atoms with Gasteiger partial charge in [-0.1, -0.05) is 41.6 Å². The highest BCUT2D eigenvalue weighted by Gasteiger charge is 2.53. The van der Waals surface area contributed by atoms with E-state index >= 15 is 0 Å². The minimum absolute atomic E-state index is 0.0252. The van der Waals surface area contributed by atoms with Crippen molar-refractivity contribution in [2.75, 3.05) is 26.7 Å². The van der Waals surface area contributed by atoms with Crippen molar-refractivity contribution < 1.29 is 13.7 Å². The van der Waals surface area contributed by atoms with Crippen LogP contribution >= 0.6 is 0 Å². The zero-order valence-corrected chi connectivity index (χ0v) is 16.8. The Morgan fingerprint density at radius 3 is 2.63 bits per heavy atom. The number of rotatable bonds is 4. The first-order chi connectivity index (χ1) is 14.5. The summed E-state index contributed by atoms with van der Waals surface area (Å²) in [7, 11) is 2.06. The molecule has 2 aromatic carbocycles. The lowest BCUT2D eigenvalue weighted by molar-refractivity contribution is -0.142. The van der Waals surface area contributed by atoms with Crippen LogP contribution in [0.4, 0.5) is 4.39 Å². The summed E-state index contributed by atoms with van der Waals surface area (Å²) in [5, 5.41) is 4.22. The van der Waals surface area contributed by atoms with Gasteiger partial charge in [0.2, 0.25) is 5.91 Å². The van der Waals surface area contributed by atoms with Gasteiger partial charge in [0.1, 0.15) is 5.82 Å². The van der Waals surface area contributed by atoms with Gasteiger partial charge in [-0.05, 0) is 37.2 Å². The third-order valence-corrected chi connectivity index (χ3v) is 6.21. The summed E-state index contributed by atoms with van der Waals surface area (Å²) in [6.45, 7) is 2.24. The van der Waals surface area contributed by atoms with Gasteiger partial charge in [0.15, 0.2) is 5.82 Å². The summed E-state index contributed by atoms with van der Waals surface area (Å²) in [6.07, 6.45) is 0.980. The molecule has 0 radical (unpaired) electrons. The summed E-state index contributed by atoms with van der Waals surface area (Å²) in [4.78, 5) is 21.3. The summed E-state index contributed by atoms with van der Waals surface area (Å²) in [5.41, 5.74) is 1.39. The molecule has 3 heterocycles. The fourth-order valence-electron chi connectivity index (χ4n) is 4.71. The van der Waals surface area contributed by atoms with E-state index in [9.17, 15) is 9.18 Å². The van der Waals surface area contributed by atoms with Crippen LogP contribution in [-0.4, -0.2) is 52.5 Å². The van der Waals surface area contributed by atoms with Gasteiger partial charge in [-0.15, -0.1) is 0 Å². The van der Waals surface area contributed by atoms with Crippen LogP contribution in [-0.2, 0) is 11.2 Å². The Morgan fingerprint density at radius 1 is 1.13 bits per heavy atom. The van der Waals surface area contributed by atoms with Crippen molar-refractivity contribution in [1.29, 1.82) is 0 Å². The van der Waals surface area contributed by atoms with Gasteiger partial charge in [-0.25, -0.2) is 4.39 Å². The van der Waals surface area contributed by atoms with Gasteiger partial charge < -0.3 is 9.42 Å². The molecule has 0 N–H and O–H groups in total. The number of carbonyl (C=O) groups excluding carboxylic acids is 1. The van der Waals surface area contributed by atoms with Crippen LogP contribution in [0, 0.1) is 11.2 Å². The molecule has 2 aliphatic rings. The molecule has 1 amide bonds. The van der Waals surface area contributed by atoms with E-state index in [0.717, 1.165) is 18.5 Å². The predicted molar refractivity (Wildman–Crippen MR) is 109 cm³/mol. The van der Waals surface area contributed by atoms with Gasteiger partial charge in [0.05, 0.1) is 12.5 Å². The summed E-state index contributed by atoms with van der Waals surface area (Å²) >= 11 is 0. The molecule has 0 saturated carbocycles. The molecule has 7 heteroatoms. The topological polar surface area (TPSA) is 62.5 Å². The maximum absolute atomic E-state index is 13.8. The molecule has 1 aromatic heterocycles. The van der Waals surface area contributed by atoms with Crippen LogP contribution < -0.4 is 0 Å². The average Bonchev–Trinajstić information content (AvgIpc) is 3.34. The molecule has 1 atom stereocenters. The van der Waals surface area contributed by atoms with E-state index in [2.05, 4.69) is 22.1 Å². The molecule has 3 aromatic rings. The SMILES string of the molecule is CN1CC2(CC1c1noc(-c3ccccc3)n1)CN(C(=O)Cc1ccccc1F)C2. The Labute approximate surface area is 174 Å². The highest BCUT2D eigenvalue weighted by molar-refractivity contribution is 5.79. The van der Waals surface area contributed by atoms with Crippen LogP contribution in [0.3, 0.4) is 0 Å². The van der Waals surface area contributed by atoms with Gasteiger partial charge in [-0.2, -0.15) is 4.98 Å². The number of halogens is 1. The van der Waals surface area contributed by atoms with E-state index in [4.69, 9.17) is 4.52 Å². The second-order valence-electron chi connectivity index (χ2n) is 8.48. The molecule has 1 unspecified atom stereocenters. The quantitative estimate of drug-likeness (QED) is 0.665. The Kier molecular flexibility index (Phi) is 4.62. The lowest BCUT2D eigenvalue weighted by Crippen LogP contribution is -2.59. The molecular formula is C23H23FN4O2. The number of amides is 1. The molecule has 6 nitrogen and oxygen atoms in total. The average molecular weight is 406 g/mol. The maximum Gasteiger partial charge on any atom is 0.257 e. The zero-order chi connectivity index (χ0) is 20.7. The number of nitrogens with zero attached hydrogens (tertiary/aromatic N) is 4. The highest BCUT2D eigenvalue weighted by atomic mass is 19.1. The number of benzene rings is 2. The lowest BCUT2D eigenvalue weighted by atomic mass is 9.77. The fourth-order valence-corrected chi connectivity index (χ4v) is 4.71. The number of likely N-dealkylation sites (tertiary alicyclic amines) is 2. The fraction of sp³-hybridized carbons (Fsp3) is 0.348. The maximum atomic E-state index is 13.8. The molecule has 2 aliphatic heterocycles. The first kappa shape index (κ1) is 18.9. The van der Waals surface area contributed by atoms with Crippen molar-refractivity contribution in [3.63, 3.8) is 0 Å². The Bertz CT molecular complexity index is 1060. The third-order valence-electron chi connectivity index (χ3n) is 6.21. The van der Waals surface area contributed by atoms with Crippen LogP contribution in [0.5, 0.6) is 0 Å². The second kappa shape index (κ2) is 7.32. The van der Waals surface area contributed by atoms with E-state index < -0.39 is 0 Å². The van der Waals surface area contributed by atoms with Crippen LogP contribution in [0.1, 0.15) is 23.9 Å². The molecule has 2 fully saturated rings. The first-order valence-corrected chi connectivity index (χ1v) is 10.1. The summed E-state index contributed by atoms with van der Waals surface area (Å²) < 4.78 is 19.3. The van der Waals surface area contributed by atoms with E-state index in [1.165, 1.54) is 6.07 Å². The van der Waals surface area contributed by atoms with Crippen LogP contribution in [0.25, 0.3) is 11.5 Å². The Hall–Kier alpha value is -3.06. The minimum atomic E-state index is -0.326. The van der Waals surface area contributed by atoms with Crippen molar-refractivity contribution in [3.05, 3.63) is 71.8 Å².